The van der Waals surface area contributed by atoms with E-state index in [0.29, 0.717) is 10.9 Å². The van der Waals surface area contributed by atoms with Crippen LogP contribution in [0.5, 0.6) is 0 Å². The van der Waals surface area contributed by atoms with Gasteiger partial charge in [0.05, 0.1) is 10.9 Å². The largest absolute Gasteiger partial charge is 0.477 e. The van der Waals surface area contributed by atoms with Gasteiger partial charge in [0.15, 0.2) is 5.43 Å². The average Bonchev–Trinajstić information content (AvgIpc) is 2.37. The van der Waals surface area contributed by atoms with E-state index in [2.05, 4.69) is 4.98 Å². The predicted octanol–water partition coefficient (Wildman–Crippen LogP) is 2.38. The molecule has 0 aliphatic carbocycles. The van der Waals surface area contributed by atoms with Gasteiger partial charge >= 0.3 is 5.97 Å². The lowest BCUT2D eigenvalue weighted by molar-refractivity contribution is 0.0691. The van der Waals surface area contributed by atoms with Gasteiger partial charge in [-0.15, -0.1) is 0 Å². The number of carboxylic acids is 1. The number of rotatable bonds is 1. The molecule has 4 nitrogen and oxygen atoms in total. The van der Waals surface area contributed by atoms with Crippen LogP contribution in [0.4, 0.5) is 0 Å². The highest BCUT2D eigenvalue weighted by atomic mass is 16.4. The Morgan fingerprint density at radius 3 is 2.50 bits per heavy atom. The van der Waals surface area contributed by atoms with Crippen molar-refractivity contribution < 1.29 is 9.90 Å². The lowest BCUT2D eigenvalue weighted by Crippen LogP contribution is -2.03. The van der Waals surface area contributed by atoms with Crippen molar-refractivity contribution in [3.05, 3.63) is 58.4 Å². The summed E-state index contributed by atoms with van der Waals surface area (Å²) >= 11 is 0. The predicted molar refractivity (Wildman–Crippen MR) is 69.0 cm³/mol. The van der Waals surface area contributed by atoms with Gasteiger partial charge in [-0.25, -0.2) is 4.79 Å². The molecule has 0 fully saturated rings. The molecule has 3 rings (SSSR count). The van der Waals surface area contributed by atoms with Crippen molar-refractivity contribution in [1.29, 1.82) is 0 Å². The molecule has 0 bridgehead atoms. The van der Waals surface area contributed by atoms with Crippen LogP contribution in [0.1, 0.15) is 10.5 Å². The number of hydrogen-bond acceptors (Lipinski definition) is 2. The first-order valence-electron chi connectivity index (χ1n) is 5.45. The maximum atomic E-state index is 11.9. The van der Waals surface area contributed by atoms with E-state index in [-0.39, 0.29) is 11.1 Å². The SMILES string of the molecule is O=C(O)c1ccc2ccc3cccc(=O)c3c2[nH]1. The fraction of sp³-hybridized carbons (Fsp3) is 0. The van der Waals surface area contributed by atoms with Gasteiger partial charge in [-0.3, -0.25) is 4.79 Å². The minimum Gasteiger partial charge on any atom is -0.477 e. The van der Waals surface area contributed by atoms with Crippen molar-refractivity contribution in [1.82, 2.24) is 4.98 Å². The maximum Gasteiger partial charge on any atom is 0.352 e. The summed E-state index contributed by atoms with van der Waals surface area (Å²) < 4.78 is 0. The number of carbonyl (C=O) groups is 1. The molecule has 0 radical (unpaired) electrons. The molecule has 1 aromatic heterocycles. The molecular formula is C14H9NO3. The van der Waals surface area contributed by atoms with E-state index in [9.17, 15) is 9.59 Å². The Morgan fingerprint density at radius 2 is 1.72 bits per heavy atom. The molecule has 2 N–H and O–H groups in total. The van der Waals surface area contributed by atoms with E-state index in [4.69, 9.17) is 5.11 Å². The number of aromatic carboxylic acids is 1. The van der Waals surface area contributed by atoms with E-state index >= 15 is 0 Å². The lowest BCUT2D eigenvalue weighted by atomic mass is 10.1. The van der Waals surface area contributed by atoms with E-state index in [0.717, 1.165) is 10.8 Å². The van der Waals surface area contributed by atoms with Crippen LogP contribution in [0.15, 0.2) is 47.3 Å². The number of nitrogens with one attached hydrogen (secondary N) is 1. The van der Waals surface area contributed by atoms with Crippen LogP contribution in [-0.4, -0.2) is 16.1 Å². The fourth-order valence-corrected chi connectivity index (χ4v) is 2.11. The summed E-state index contributed by atoms with van der Waals surface area (Å²) in [5.74, 6) is -1.04. The number of H-pyrrole nitrogens is 1. The molecule has 0 atom stereocenters. The van der Waals surface area contributed by atoms with Crippen LogP contribution in [-0.2, 0) is 0 Å². The molecule has 1 heterocycles. The standard InChI is InChI=1S/C14H9NO3/c16-11-3-1-2-8-4-5-9-6-7-10(14(17)18)15-13(9)12(8)11/h1-7,15H,(H,17,18). The van der Waals surface area contributed by atoms with E-state index in [1.165, 1.54) is 12.1 Å². The van der Waals surface area contributed by atoms with Crippen molar-refractivity contribution in [2.24, 2.45) is 0 Å². The molecule has 0 saturated carbocycles. The molecule has 0 spiro atoms. The van der Waals surface area contributed by atoms with Crippen molar-refractivity contribution in [2.45, 2.75) is 0 Å². The molecule has 0 saturated heterocycles. The lowest BCUT2D eigenvalue weighted by Gasteiger charge is -2.04. The summed E-state index contributed by atoms with van der Waals surface area (Å²) in [6.45, 7) is 0. The van der Waals surface area contributed by atoms with E-state index < -0.39 is 5.97 Å². The Bertz CT molecular complexity index is 833. The molecule has 0 unspecified atom stereocenters. The minimum atomic E-state index is -1.04. The molecule has 0 amide bonds. The van der Waals surface area contributed by atoms with Crippen LogP contribution in [0.3, 0.4) is 0 Å². The summed E-state index contributed by atoms with van der Waals surface area (Å²) in [5.41, 5.74) is 0.521. The molecule has 2 aromatic carbocycles. The molecule has 88 valence electrons. The summed E-state index contributed by atoms with van der Waals surface area (Å²) in [5, 5.41) is 11.1. The second-order valence-electron chi connectivity index (χ2n) is 4.06. The fourth-order valence-electron chi connectivity index (χ4n) is 2.11. The number of aromatic nitrogens is 1. The molecule has 4 heteroatoms. The van der Waals surface area contributed by atoms with Gasteiger partial charge in [-0.05, 0) is 22.9 Å². The van der Waals surface area contributed by atoms with Crippen molar-refractivity contribution in [3.63, 3.8) is 0 Å². The Balaban J connectivity index is 2.55. The van der Waals surface area contributed by atoms with Gasteiger partial charge in [0.2, 0.25) is 0 Å². The van der Waals surface area contributed by atoms with Gasteiger partial charge in [-0.1, -0.05) is 30.3 Å². The van der Waals surface area contributed by atoms with Crippen LogP contribution < -0.4 is 5.43 Å². The first-order valence-corrected chi connectivity index (χ1v) is 5.45. The number of pyridine rings is 1. The van der Waals surface area contributed by atoms with Gasteiger partial charge in [-0.2, -0.15) is 0 Å². The number of fused-ring (bicyclic) bond motifs is 3. The summed E-state index contributed by atoms with van der Waals surface area (Å²) in [6.07, 6.45) is 0. The van der Waals surface area contributed by atoms with E-state index in [1.54, 1.807) is 12.1 Å². The van der Waals surface area contributed by atoms with Crippen molar-refractivity contribution in [3.8, 4) is 0 Å². The smallest absolute Gasteiger partial charge is 0.352 e. The number of carboxylic acid groups (broad SMARTS) is 1. The van der Waals surface area contributed by atoms with Crippen LogP contribution in [0.25, 0.3) is 21.7 Å². The van der Waals surface area contributed by atoms with Crippen molar-refractivity contribution in [2.75, 3.05) is 0 Å². The van der Waals surface area contributed by atoms with Gasteiger partial charge in [0.1, 0.15) is 5.69 Å². The molecule has 0 aliphatic heterocycles. The van der Waals surface area contributed by atoms with E-state index in [1.807, 2.05) is 18.2 Å². The van der Waals surface area contributed by atoms with Crippen molar-refractivity contribution >= 4 is 27.6 Å². The topological polar surface area (TPSA) is 70.2 Å². The number of aromatic amines is 1. The monoisotopic (exact) mass is 239 g/mol. The Hall–Kier alpha value is -2.62. The molecular weight excluding hydrogens is 230 g/mol. The Labute approximate surface area is 101 Å². The third-order valence-corrected chi connectivity index (χ3v) is 2.96. The molecule has 18 heavy (non-hydrogen) atoms. The summed E-state index contributed by atoms with van der Waals surface area (Å²) in [6, 6.07) is 11.9. The van der Waals surface area contributed by atoms with Gasteiger partial charge in [0, 0.05) is 0 Å². The minimum absolute atomic E-state index is 0.0678. The van der Waals surface area contributed by atoms with Gasteiger partial charge in [0.25, 0.3) is 0 Å². The average molecular weight is 239 g/mol. The Morgan fingerprint density at radius 1 is 1.00 bits per heavy atom. The van der Waals surface area contributed by atoms with Crippen LogP contribution >= 0.6 is 0 Å². The zero-order valence-corrected chi connectivity index (χ0v) is 9.31. The zero-order chi connectivity index (χ0) is 12.7. The highest BCUT2D eigenvalue weighted by Gasteiger charge is 2.08. The molecule has 0 aliphatic rings. The second-order valence-corrected chi connectivity index (χ2v) is 4.06. The Kier molecular flexibility index (Phi) is 2.16. The number of benzene rings is 2. The quantitative estimate of drug-likeness (QED) is 0.640. The second kappa shape index (κ2) is 3.70. The normalized spacial score (nSPS) is 10.9. The molecule has 3 aromatic rings. The third-order valence-electron chi connectivity index (χ3n) is 2.96. The van der Waals surface area contributed by atoms with Gasteiger partial charge < -0.3 is 10.1 Å². The van der Waals surface area contributed by atoms with Crippen LogP contribution in [0.2, 0.25) is 0 Å². The van der Waals surface area contributed by atoms with Crippen LogP contribution in [0, 0.1) is 0 Å². The zero-order valence-electron chi connectivity index (χ0n) is 9.31. The first kappa shape index (κ1) is 10.5. The maximum absolute atomic E-state index is 11.9. The first-order chi connectivity index (χ1) is 8.66. The number of hydrogen-bond donors (Lipinski definition) is 2. The summed E-state index contributed by atoms with van der Waals surface area (Å²) in [4.78, 5) is 25.7. The highest BCUT2D eigenvalue weighted by molar-refractivity contribution is 6.06. The summed E-state index contributed by atoms with van der Waals surface area (Å²) in [7, 11) is 0. The third kappa shape index (κ3) is 1.47. The highest BCUT2D eigenvalue weighted by Crippen LogP contribution is 2.21.